The van der Waals surface area contributed by atoms with Crippen LogP contribution in [0.15, 0.2) is 89.6 Å². The number of halogens is 1. The highest BCUT2D eigenvalue weighted by molar-refractivity contribution is 7.80. The van der Waals surface area contributed by atoms with Gasteiger partial charge in [0, 0.05) is 25.3 Å². The molecule has 5 rings (SSSR count). The normalized spacial score (nSPS) is 19.1. The maximum atomic E-state index is 13.6. The van der Waals surface area contributed by atoms with Gasteiger partial charge in [-0.25, -0.2) is 4.39 Å². The lowest BCUT2D eigenvalue weighted by Gasteiger charge is -2.40. The first-order valence-electron chi connectivity index (χ1n) is 13.4. The van der Waals surface area contributed by atoms with Gasteiger partial charge in [0.15, 0.2) is 5.11 Å². The summed E-state index contributed by atoms with van der Waals surface area (Å²) in [7, 11) is 0. The van der Waals surface area contributed by atoms with Gasteiger partial charge in [-0.05, 0) is 81.2 Å². The molecule has 0 saturated heterocycles. The van der Waals surface area contributed by atoms with E-state index in [0.717, 1.165) is 30.9 Å². The lowest BCUT2D eigenvalue weighted by molar-refractivity contribution is 0.292. The lowest BCUT2D eigenvalue weighted by atomic mass is 9.88. The molecule has 0 spiro atoms. The van der Waals surface area contributed by atoms with Crippen molar-refractivity contribution in [2.24, 2.45) is 0 Å². The van der Waals surface area contributed by atoms with Crippen molar-refractivity contribution in [3.63, 3.8) is 0 Å². The minimum Gasteiger partial charge on any atom is -0.352 e. The Morgan fingerprint density at radius 1 is 0.868 bits per heavy atom. The first kappa shape index (κ1) is 26.3. The summed E-state index contributed by atoms with van der Waals surface area (Å²) in [5, 5.41) is 7.68. The second-order valence-corrected chi connectivity index (χ2v) is 11.4. The average molecular weight is 526 g/mol. The highest BCUT2D eigenvalue weighted by Gasteiger charge is 2.33. The van der Waals surface area contributed by atoms with Gasteiger partial charge in [-0.1, -0.05) is 88.4 Å². The molecule has 0 aliphatic carbocycles. The van der Waals surface area contributed by atoms with E-state index in [2.05, 4.69) is 97.8 Å². The summed E-state index contributed by atoms with van der Waals surface area (Å²) in [5.41, 5.74) is 9.73. The van der Waals surface area contributed by atoms with Crippen LogP contribution in [0.4, 0.5) is 4.39 Å². The van der Waals surface area contributed by atoms with E-state index in [-0.39, 0.29) is 11.9 Å². The molecule has 1 atom stereocenters. The van der Waals surface area contributed by atoms with Crippen LogP contribution in [0.3, 0.4) is 0 Å². The number of benzene rings is 3. The molecule has 2 aliphatic heterocycles. The van der Waals surface area contributed by atoms with E-state index >= 15 is 0 Å². The number of thiocarbonyl (C=S) groups is 1. The van der Waals surface area contributed by atoms with Gasteiger partial charge in [0.1, 0.15) is 5.82 Å². The summed E-state index contributed by atoms with van der Waals surface area (Å²) in [6.45, 7) is 11.2. The fourth-order valence-corrected chi connectivity index (χ4v) is 5.50. The van der Waals surface area contributed by atoms with E-state index in [1.165, 1.54) is 45.5 Å². The lowest BCUT2D eigenvalue weighted by Crippen LogP contribution is -2.49. The van der Waals surface area contributed by atoms with E-state index in [4.69, 9.17) is 12.2 Å². The Labute approximate surface area is 231 Å². The minimum atomic E-state index is -0.207. The predicted molar refractivity (Wildman–Crippen MR) is 159 cm³/mol. The molecule has 3 aromatic rings. The third kappa shape index (κ3) is 5.90. The fraction of sp³-hybridized carbons (Fsp3) is 0.303. The van der Waals surface area contributed by atoms with Crippen molar-refractivity contribution in [3.05, 3.63) is 123 Å². The van der Waals surface area contributed by atoms with Crippen LogP contribution in [0.25, 0.3) is 6.08 Å². The Balaban J connectivity index is 1.54. The molecular formula is C33H36FN3S. The van der Waals surface area contributed by atoms with E-state index in [0.29, 0.717) is 16.9 Å². The number of rotatable bonds is 6. The molecule has 0 bridgehead atoms. The third-order valence-electron chi connectivity index (χ3n) is 7.49. The van der Waals surface area contributed by atoms with Gasteiger partial charge < -0.3 is 10.6 Å². The standard InChI is InChI=1S/C33H36FN3S/c1-21(2)25-9-5-23(6-10-25)17-28-19-37(18-24-7-15-29(34)16-8-24)20-30-31(35-33(38)36-32(28)30)27-13-11-26(12-14-27)22(3)4/h5-17,21-22,31H,18-20H2,1-4H3,(H2,35,36,38)/b28-17+. The highest BCUT2D eigenvalue weighted by atomic mass is 32.1. The van der Waals surface area contributed by atoms with Crippen molar-refractivity contribution in [2.75, 3.05) is 13.1 Å². The van der Waals surface area contributed by atoms with Gasteiger partial charge >= 0.3 is 0 Å². The zero-order chi connectivity index (χ0) is 26.8. The van der Waals surface area contributed by atoms with Crippen LogP contribution in [0.2, 0.25) is 0 Å². The van der Waals surface area contributed by atoms with Crippen molar-refractivity contribution in [2.45, 2.75) is 52.1 Å². The molecule has 2 aliphatic rings. The Hall–Kier alpha value is -3.28. The first-order chi connectivity index (χ1) is 18.3. The topological polar surface area (TPSA) is 27.3 Å². The maximum absolute atomic E-state index is 13.6. The van der Waals surface area contributed by atoms with Gasteiger partial charge in [0.05, 0.1) is 6.04 Å². The van der Waals surface area contributed by atoms with E-state index in [1.807, 2.05) is 12.1 Å². The van der Waals surface area contributed by atoms with Crippen molar-refractivity contribution in [1.82, 2.24) is 15.5 Å². The first-order valence-corrected chi connectivity index (χ1v) is 13.9. The van der Waals surface area contributed by atoms with Crippen LogP contribution < -0.4 is 10.6 Å². The molecule has 5 heteroatoms. The molecule has 38 heavy (non-hydrogen) atoms. The van der Waals surface area contributed by atoms with Gasteiger partial charge in [0.2, 0.25) is 0 Å². The van der Waals surface area contributed by atoms with Crippen LogP contribution in [0.1, 0.15) is 73.4 Å². The molecule has 0 radical (unpaired) electrons. The second kappa shape index (κ2) is 11.2. The van der Waals surface area contributed by atoms with Gasteiger partial charge in [0.25, 0.3) is 0 Å². The molecular weight excluding hydrogens is 489 g/mol. The molecule has 2 N–H and O–H groups in total. The Kier molecular flexibility index (Phi) is 7.78. The monoisotopic (exact) mass is 525 g/mol. The van der Waals surface area contributed by atoms with Crippen molar-refractivity contribution >= 4 is 23.4 Å². The molecule has 2 heterocycles. The molecule has 3 nitrogen and oxygen atoms in total. The van der Waals surface area contributed by atoms with Crippen LogP contribution in [-0.2, 0) is 6.54 Å². The smallest absolute Gasteiger partial charge is 0.171 e. The quantitative estimate of drug-likeness (QED) is 0.327. The van der Waals surface area contributed by atoms with Crippen LogP contribution in [0, 0.1) is 5.82 Å². The zero-order valence-corrected chi connectivity index (χ0v) is 23.4. The van der Waals surface area contributed by atoms with Crippen LogP contribution in [0.5, 0.6) is 0 Å². The zero-order valence-electron chi connectivity index (χ0n) is 22.6. The van der Waals surface area contributed by atoms with E-state index < -0.39 is 0 Å². The third-order valence-corrected chi connectivity index (χ3v) is 7.71. The predicted octanol–water partition coefficient (Wildman–Crippen LogP) is 7.44. The molecule has 0 aromatic heterocycles. The highest BCUT2D eigenvalue weighted by Crippen LogP contribution is 2.35. The fourth-order valence-electron chi connectivity index (χ4n) is 5.28. The maximum Gasteiger partial charge on any atom is 0.171 e. The summed E-state index contributed by atoms with van der Waals surface area (Å²) in [6.07, 6.45) is 2.27. The molecule has 0 saturated carbocycles. The van der Waals surface area contributed by atoms with Gasteiger partial charge in [-0.15, -0.1) is 0 Å². The SMILES string of the molecule is CC(C)c1ccc(/C=C2\CN(Cc3ccc(F)cc3)CC3=C2NC(=S)NC3c2ccc(C(C)C)cc2)cc1. The van der Waals surface area contributed by atoms with E-state index in [1.54, 1.807) is 0 Å². The minimum absolute atomic E-state index is 0.0114. The second-order valence-electron chi connectivity index (χ2n) is 11.0. The number of hydrogen-bond donors (Lipinski definition) is 2. The molecule has 196 valence electrons. The average Bonchev–Trinajstić information content (AvgIpc) is 2.90. The molecule has 0 fully saturated rings. The summed E-state index contributed by atoms with van der Waals surface area (Å²) in [5.74, 6) is 0.776. The number of hydrogen-bond acceptors (Lipinski definition) is 2. The van der Waals surface area contributed by atoms with Crippen LogP contribution in [-0.4, -0.2) is 23.1 Å². The van der Waals surface area contributed by atoms with Crippen molar-refractivity contribution in [1.29, 1.82) is 0 Å². The van der Waals surface area contributed by atoms with E-state index in [9.17, 15) is 4.39 Å². The molecule has 3 aromatic carbocycles. The molecule has 0 amide bonds. The van der Waals surface area contributed by atoms with Gasteiger partial charge in [-0.3, -0.25) is 4.90 Å². The summed E-state index contributed by atoms with van der Waals surface area (Å²) in [4.78, 5) is 2.42. The summed E-state index contributed by atoms with van der Waals surface area (Å²) >= 11 is 5.70. The summed E-state index contributed by atoms with van der Waals surface area (Å²) in [6, 6.07) is 24.5. The number of nitrogens with zero attached hydrogens (tertiary/aromatic N) is 1. The molecule has 1 unspecified atom stereocenters. The Bertz CT molecular complexity index is 1350. The van der Waals surface area contributed by atoms with Crippen molar-refractivity contribution in [3.8, 4) is 0 Å². The van der Waals surface area contributed by atoms with Crippen molar-refractivity contribution < 1.29 is 4.39 Å². The van der Waals surface area contributed by atoms with Crippen LogP contribution >= 0.6 is 12.2 Å². The largest absolute Gasteiger partial charge is 0.352 e. The Morgan fingerprint density at radius 2 is 1.47 bits per heavy atom. The number of nitrogens with one attached hydrogen (secondary N) is 2. The summed E-state index contributed by atoms with van der Waals surface area (Å²) < 4.78 is 13.6. The Morgan fingerprint density at radius 3 is 2.08 bits per heavy atom. The van der Waals surface area contributed by atoms with Gasteiger partial charge in [-0.2, -0.15) is 0 Å².